The SMILES string of the molecule is O=c1[nH]sc2cc(C(F)F)ccc12. The number of benzene rings is 1. The van der Waals surface area contributed by atoms with Crippen molar-refractivity contribution in [3.05, 3.63) is 34.1 Å². The molecular weight excluding hydrogens is 196 g/mol. The van der Waals surface area contributed by atoms with E-state index in [4.69, 9.17) is 0 Å². The summed E-state index contributed by atoms with van der Waals surface area (Å²) in [5.74, 6) is 0. The Hall–Kier alpha value is -1.23. The number of aromatic nitrogens is 1. The van der Waals surface area contributed by atoms with Crippen LogP contribution >= 0.6 is 11.5 Å². The van der Waals surface area contributed by atoms with Gasteiger partial charge in [0.15, 0.2) is 0 Å². The Balaban J connectivity index is 2.70. The summed E-state index contributed by atoms with van der Waals surface area (Å²) >= 11 is 1.07. The predicted octanol–water partition coefficient (Wildman–Crippen LogP) is 2.53. The lowest BCUT2D eigenvalue weighted by molar-refractivity contribution is 0.151. The van der Waals surface area contributed by atoms with Gasteiger partial charge in [0.2, 0.25) is 0 Å². The van der Waals surface area contributed by atoms with Crippen LogP contribution in [0.5, 0.6) is 0 Å². The fourth-order valence-corrected chi connectivity index (χ4v) is 1.88. The van der Waals surface area contributed by atoms with E-state index in [-0.39, 0.29) is 11.1 Å². The second-order valence-corrected chi connectivity index (χ2v) is 3.44. The average molecular weight is 201 g/mol. The highest BCUT2D eigenvalue weighted by atomic mass is 32.1. The summed E-state index contributed by atoms with van der Waals surface area (Å²) in [5.41, 5.74) is -0.274. The van der Waals surface area contributed by atoms with Crippen molar-refractivity contribution in [3.8, 4) is 0 Å². The third-order valence-electron chi connectivity index (χ3n) is 1.76. The second-order valence-electron chi connectivity index (χ2n) is 2.59. The zero-order chi connectivity index (χ0) is 9.42. The van der Waals surface area contributed by atoms with Gasteiger partial charge in [-0.2, -0.15) is 0 Å². The maximum absolute atomic E-state index is 12.2. The highest BCUT2D eigenvalue weighted by Crippen LogP contribution is 2.23. The Bertz CT molecular complexity index is 488. The van der Waals surface area contributed by atoms with Crippen molar-refractivity contribution in [3.63, 3.8) is 0 Å². The molecule has 5 heteroatoms. The molecule has 1 heterocycles. The van der Waals surface area contributed by atoms with Gasteiger partial charge in [-0.15, -0.1) is 0 Å². The first kappa shape index (κ1) is 8.37. The Morgan fingerprint density at radius 2 is 2.15 bits per heavy atom. The van der Waals surface area contributed by atoms with Crippen molar-refractivity contribution in [1.82, 2.24) is 4.37 Å². The molecule has 2 rings (SSSR count). The van der Waals surface area contributed by atoms with E-state index in [9.17, 15) is 13.6 Å². The van der Waals surface area contributed by atoms with Crippen molar-refractivity contribution >= 4 is 21.6 Å². The van der Waals surface area contributed by atoms with Gasteiger partial charge in [0.25, 0.3) is 12.0 Å². The number of H-pyrrole nitrogens is 1. The summed E-state index contributed by atoms with van der Waals surface area (Å²) in [4.78, 5) is 11.0. The third kappa shape index (κ3) is 1.35. The van der Waals surface area contributed by atoms with Gasteiger partial charge in [-0.1, -0.05) is 17.6 Å². The molecule has 0 amide bonds. The quantitative estimate of drug-likeness (QED) is 0.755. The van der Waals surface area contributed by atoms with Crippen LogP contribution in [0.1, 0.15) is 12.0 Å². The van der Waals surface area contributed by atoms with Crippen molar-refractivity contribution in [1.29, 1.82) is 0 Å². The van der Waals surface area contributed by atoms with E-state index in [0.29, 0.717) is 10.1 Å². The minimum Gasteiger partial charge on any atom is -0.277 e. The fraction of sp³-hybridized carbons (Fsp3) is 0.125. The first-order chi connectivity index (χ1) is 6.18. The first-order valence-electron chi connectivity index (χ1n) is 3.58. The molecule has 0 fully saturated rings. The highest BCUT2D eigenvalue weighted by molar-refractivity contribution is 7.13. The number of rotatable bonds is 1. The summed E-state index contributed by atoms with van der Waals surface area (Å²) in [7, 11) is 0. The minimum absolute atomic E-state index is 0.0530. The molecule has 2 aromatic rings. The largest absolute Gasteiger partial charge is 0.277 e. The van der Waals surface area contributed by atoms with E-state index in [1.807, 2.05) is 0 Å². The van der Waals surface area contributed by atoms with Gasteiger partial charge in [-0.3, -0.25) is 9.17 Å². The van der Waals surface area contributed by atoms with Crippen molar-refractivity contribution in [2.24, 2.45) is 0 Å². The fourth-order valence-electron chi connectivity index (χ4n) is 1.10. The molecule has 0 aliphatic rings. The van der Waals surface area contributed by atoms with Gasteiger partial charge >= 0.3 is 0 Å². The molecule has 0 bridgehead atoms. The monoisotopic (exact) mass is 201 g/mol. The number of hydrogen-bond donors (Lipinski definition) is 1. The minimum atomic E-state index is -2.48. The Morgan fingerprint density at radius 3 is 2.85 bits per heavy atom. The Morgan fingerprint density at radius 1 is 1.38 bits per heavy atom. The van der Waals surface area contributed by atoms with Crippen molar-refractivity contribution in [2.75, 3.05) is 0 Å². The zero-order valence-electron chi connectivity index (χ0n) is 6.38. The van der Waals surface area contributed by atoms with Crippen LogP contribution in [0.15, 0.2) is 23.0 Å². The van der Waals surface area contributed by atoms with E-state index in [2.05, 4.69) is 4.37 Å². The van der Waals surface area contributed by atoms with E-state index < -0.39 is 6.43 Å². The molecule has 0 radical (unpaired) electrons. The summed E-state index contributed by atoms with van der Waals surface area (Å²) < 4.78 is 27.5. The Labute approximate surface area is 76.0 Å². The number of fused-ring (bicyclic) bond motifs is 1. The standard InChI is InChI=1S/C8H5F2NOS/c9-7(10)4-1-2-5-6(3-4)13-11-8(5)12/h1-3,7H,(H,11,12). The van der Waals surface area contributed by atoms with E-state index in [1.165, 1.54) is 18.2 Å². The lowest BCUT2D eigenvalue weighted by Gasteiger charge is -1.96. The molecule has 0 aliphatic carbocycles. The van der Waals surface area contributed by atoms with Gasteiger partial charge in [-0.05, 0) is 12.1 Å². The topological polar surface area (TPSA) is 32.9 Å². The molecule has 0 atom stereocenters. The average Bonchev–Trinajstić information content (AvgIpc) is 2.47. The van der Waals surface area contributed by atoms with E-state index in [0.717, 1.165) is 11.5 Å². The van der Waals surface area contributed by atoms with E-state index in [1.54, 1.807) is 0 Å². The van der Waals surface area contributed by atoms with Crippen molar-refractivity contribution in [2.45, 2.75) is 6.43 Å². The molecule has 1 N–H and O–H groups in total. The van der Waals surface area contributed by atoms with Gasteiger partial charge in [0.05, 0.1) is 10.1 Å². The molecule has 1 aromatic carbocycles. The van der Waals surface area contributed by atoms with Crippen LogP contribution < -0.4 is 5.56 Å². The van der Waals surface area contributed by atoms with Crippen molar-refractivity contribution < 1.29 is 8.78 Å². The van der Waals surface area contributed by atoms with Crippen LogP contribution in [0.4, 0.5) is 8.78 Å². The first-order valence-corrected chi connectivity index (χ1v) is 4.39. The summed E-state index contributed by atoms with van der Waals surface area (Å²) in [6, 6.07) is 4.03. The Kier molecular flexibility index (Phi) is 1.88. The lowest BCUT2D eigenvalue weighted by atomic mass is 10.2. The molecule has 0 saturated heterocycles. The van der Waals surface area contributed by atoms with Crippen LogP contribution in [0, 0.1) is 0 Å². The van der Waals surface area contributed by atoms with Gasteiger partial charge in [0, 0.05) is 5.56 Å². The molecule has 0 saturated carbocycles. The molecule has 0 aliphatic heterocycles. The van der Waals surface area contributed by atoms with E-state index >= 15 is 0 Å². The number of aromatic amines is 1. The van der Waals surface area contributed by atoms with Gasteiger partial charge < -0.3 is 0 Å². The normalized spacial score (nSPS) is 11.3. The molecule has 1 aromatic heterocycles. The smallest absolute Gasteiger partial charge is 0.265 e. The third-order valence-corrected chi connectivity index (χ3v) is 2.60. The second kappa shape index (κ2) is 2.92. The number of hydrogen-bond acceptors (Lipinski definition) is 2. The number of alkyl halides is 2. The highest BCUT2D eigenvalue weighted by Gasteiger charge is 2.09. The zero-order valence-corrected chi connectivity index (χ0v) is 7.20. The van der Waals surface area contributed by atoms with Crippen LogP contribution in [0.25, 0.3) is 10.1 Å². The molecule has 0 unspecified atom stereocenters. The van der Waals surface area contributed by atoms with Gasteiger partial charge in [0.1, 0.15) is 0 Å². The molecular formula is C8H5F2NOS. The van der Waals surface area contributed by atoms with Crippen LogP contribution in [-0.4, -0.2) is 4.37 Å². The summed E-state index contributed by atoms with van der Waals surface area (Å²) in [6.07, 6.45) is -2.48. The van der Waals surface area contributed by atoms with Crippen LogP contribution in [0.2, 0.25) is 0 Å². The summed E-state index contributed by atoms with van der Waals surface area (Å²) in [5, 5.41) is 0.467. The summed E-state index contributed by atoms with van der Waals surface area (Å²) in [6.45, 7) is 0. The maximum atomic E-state index is 12.2. The molecule has 0 spiro atoms. The number of nitrogens with one attached hydrogen (secondary N) is 1. The van der Waals surface area contributed by atoms with Gasteiger partial charge in [-0.25, -0.2) is 8.78 Å². The molecule has 68 valence electrons. The lowest BCUT2D eigenvalue weighted by Crippen LogP contribution is -1.95. The molecule has 13 heavy (non-hydrogen) atoms. The predicted molar refractivity (Wildman–Crippen MR) is 47.4 cm³/mol. The number of halogens is 2. The molecule has 2 nitrogen and oxygen atoms in total. The van der Waals surface area contributed by atoms with Crippen LogP contribution in [-0.2, 0) is 0 Å². The maximum Gasteiger partial charge on any atom is 0.265 e. The van der Waals surface area contributed by atoms with Crippen LogP contribution in [0.3, 0.4) is 0 Å².